The summed E-state index contributed by atoms with van der Waals surface area (Å²) in [7, 11) is 0. The van der Waals surface area contributed by atoms with E-state index in [-0.39, 0.29) is 0 Å². The molecule has 0 aliphatic carbocycles. The average molecular weight is 245 g/mol. The summed E-state index contributed by atoms with van der Waals surface area (Å²) in [5, 5.41) is 2.79. The van der Waals surface area contributed by atoms with Crippen molar-refractivity contribution in [2.75, 3.05) is 0 Å². The van der Waals surface area contributed by atoms with Crippen LogP contribution in [-0.2, 0) is 5.33 Å². The minimum Gasteiger partial charge on any atom is -0.358 e. The van der Waals surface area contributed by atoms with Crippen molar-refractivity contribution >= 4 is 38.4 Å². The molecule has 0 aliphatic heterocycles. The highest BCUT2D eigenvalue weighted by Crippen LogP contribution is 2.20. The molecule has 1 aromatic heterocycles. The second-order valence-corrected chi connectivity index (χ2v) is 3.66. The van der Waals surface area contributed by atoms with Crippen molar-refractivity contribution in [3.05, 3.63) is 35.0 Å². The maximum atomic E-state index is 5.85. The molecule has 0 unspecified atom stereocenters. The van der Waals surface area contributed by atoms with E-state index in [2.05, 4.69) is 27.0 Å². The Morgan fingerprint density at radius 1 is 1.33 bits per heavy atom. The number of alkyl halides is 1. The van der Waals surface area contributed by atoms with Gasteiger partial charge in [0.1, 0.15) is 0 Å². The molecule has 0 atom stereocenters. The van der Waals surface area contributed by atoms with Gasteiger partial charge in [0.15, 0.2) is 0 Å². The molecule has 1 nitrogen and oxygen atoms in total. The van der Waals surface area contributed by atoms with E-state index >= 15 is 0 Å². The molecule has 0 radical (unpaired) electrons. The summed E-state index contributed by atoms with van der Waals surface area (Å²) in [4.78, 5) is 3.27. The number of halogens is 2. The normalized spacial score (nSPS) is 10.8. The summed E-state index contributed by atoms with van der Waals surface area (Å²) in [6, 6.07) is 7.93. The van der Waals surface area contributed by atoms with Gasteiger partial charge in [-0.05, 0) is 24.3 Å². The predicted molar refractivity (Wildman–Crippen MR) is 55.9 cm³/mol. The topological polar surface area (TPSA) is 15.8 Å². The fourth-order valence-corrected chi connectivity index (χ4v) is 1.72. The lowest BCUT2D eigenvalue weighted by Gasteiger charge is -1.88. The Morgan fingerprint density at radius 3 is 2.92 bits per heavy atom. The Morgan fingerprint density at radius 2 is 2.17 bits per heavy atom. The van der Waals surface area contributed by atoms with E-state index in [0.29, 0.717) is 0 Å². The van der Waals surface area contributed by atoms with E-state index in [9.17, 15) is 0 Å². The van der Waals surface area contributed by atoms with Crippen LogP contribution in [-0.4, -0.2) is 4.98 Å². The zero-order valence-corrected chi connectivity index (χ0v) is 8.61. The van der Waals surface area contributed by atoms with Crippen molar-refractivity contribution in [1.29, 1.82) is 0 Å². The highest BCUT2D eigenvalue weighted by Gasteiger charge is 1.98. The van der Waals surface area contributed by atoms with E-state index in [4.69, 9.17) is 11.6 Å². The zero-order chi connectivity index (χ0) is 8.55. The SMILES string of the molecule is Clc1ccc2[nH]c(CBr)cc2c1. The summed E-state index contributed by atoms with van der Waals surface area (Å²) in [5.41, 5.74) is 2.31. The molecular weight excluding hydrogens is 237 g/mol. The number of aromatic nitrogens is 1. The molecule has 0 aliphatic rings. The second-order valence-electron chi connectivity index (χ2n) is 2.66. The first-order valence-electron chi connectivity index (χ1n) is 3.63. The van der Waals surface area contributed by atoms with E-state index in [0.717, 1.165) is 21.3 Å². The first-order chi connectivity index (χ1) is 5.79. The summed E-state index contributed by atoms with van der Waals surface area (Å²) in [5.74, 6) is 0. The van der Waals surface area contributed by atoms with Crippen molar-refractivity contribution in [1.82, 2.24) is 4.98 Å². The van der Waals surface area contributed by atoms with E-state index in [1.165, 1.54) is 5.69 Å². The Bertz CT molecular complexity index is 408. The molecule has 0 spiro atoms. The van der Waals surface area contributed by atoms with Crippen molar-refractivity contribution in [3.63, 3.8) is 0 Å². The number of benzene rings is 1. The predicted octanol–water partition coefficient (Wildman–Crippen LogP) is 3.72. The molecule has 1 aromatic carbocycles. The molecule has 2 rings (SSSR count). The standard InChI is InChI=1S/C9H7BrClN/c10-5-8-4-6-3-7(11)1-2-9(6)12-8/h1-4,12H,5H2. The van der Waals surface area contributed by atoms with Gasteiger partial charge in [0.2, 0.25) is 0 Å². The van der Waals surface area contributed by atoms with Gasteiger partial charge >= 0.3 is 0 Å². The molecule has 12 heavy (non-hydrogen) atoms. The third kappa shape index (κ3) is 1.37. The number of hydrogen-bond donors (Lipinski definition) is 1. The van der Waals surface area contributed by atoms with Gasteiger partial charge in [0, 0.05) is 26.9 Å². The van der Waals surface area contributed by atoms with Crippen molar-refractivity contribution in [2.24, 2.45) is 0 Å². The highest BCUT2D eigenvalue weighted by atomic mass is 79.9. The average Bonchev–Trinajstić information content (AvgIpc) is 2.46. The number of nitrogens with one attached hydrogen (secondary N) is 1. The lowest BCUT2D eigenvalue weighted by atomic mass is 10.2. The molecule has 1 heterocycles. The molecule has 0 bridgehead atoms. The fraction of sp³-hybridized carbons (Fsp3) is 0.111. The minimum absolute atomic E-state index is 0.780. The van der Waals surface area contributed by atoms with Gasteiger partial charge in [-0.15, -0.1) is 0 Å². The Labute approximate surface area is 83.9 Å². The van der Waals surface area contributed by atoms with Crippen LogP contribution in [0.2, 0.25) is 5.02 Å². The van der Waals surface area contributed by atoms with E-state index in [1.807, 2.05) is 18.2 Å². The van der Waals surface area contributed by atoms with Crippen molar-refractivity contribution in [3.8, 4) is 0 Å². The first kappa shape index (κ1) is 8.14. The monoisotopic (exact) mass is 243 g/mol. The smallest absolute Gasteiger partial charge is 0.0457 e. The quantitative estimate of drug-likeness (QED) is 0.736. The molecule has 62 valence electrons. The van der Waals surface area contributed by atoms with E-state index < -0.39 is 0 Å². The highest BCUT2D eigenvalue weighted by molar-refractivity contribution is 9.08. The molecule has 3 heteroatoms. The third-order valence-corrected chi connectivity index (χ3v) is 2.62. The van der Waals surface area contributed by atoms with Gasteiger partial charge in [0.25, 0.3) is 0 Å². The molecule has 0 saturated carbocycles. The van der Waals surface area contributed by atoms with Gasteiger partial charge in [-0.3, -0.25) is 0 Å². The van der Waals surface area contributed by atoms with Gasteiger partial charge in [-0.2, -0.15) is 0 Å². The third-order valence-electron chi connectivity index (χ3n) is 1.78. The number of fused-ring (bicyclic) bond motifs is 1. The van der Waals surface area contributed by atoms with Crippen LogP contribution in [0, 0.1) is 0 Å². The molecular formula is C9H7BrClN. The van der Waals surface area contributed by atoms with Crippen LogP contribution in [0.1, 0.15) is 5.69 Å². The summed E-state index contributed by atoms with van der Waals surface area (Å²) < 4.78 is 0. The maximum absolute atomic E-state index is 5.85. The van der Waals surface area contributed by atoms with Crippen LogP contribution in [0.4, 0.5) is 0 Å². The van der Waals surface area contributed by atoms with E-state index in [1.54, 1.807) is 0 Å². The maximum Gasteiger partial charge on any atom is 0.0457 e. The number of aromatic amines is 1. The molecule has 0 saturated heterocycles. The van der Waals surface area contributed by atoms with Gasteiger partial charge in [0.05, 0.1) is 0 Å². The fourth-order valence-electron chi connectivity index (χ4n) is 1.24. The van der Waals surface area contributed by atoms with Crippen LogP contribution >= 0.6 is 27.5 Å². The first-order valence-corrected chi connectivity index (χ1v) is 5.12. The Balaban J connectivity index is 2.67. The number of H-pyrrole nitrogens is 1. The minimum atomic E-state index is 0.780. The van der Waals surface area contributed by atoms with Crippen LogP contribution in [0.25, 0.3) is 10.9 Å². The number of rotatable bonds is 1. The van der Waals surface area contributed by atoms with Gasteiger partial charge in [-0.1, -0.05) is 27.5 Å². The second kappa shape index (κ2) is 3.11. The molecule has 0 amide bonds. The largest absolute Gasteiger partial charge is 0.358 e. The molecule has 1 N–H and O–H groups in total. The summed E-state index contributed by atoms with van der Waals surface area (Å²) in [6.45, 7) is 0. The van der Waals surface area contributed by atoms with Crippen LogP contribution in [0.3, 0.4) is 0 Å². The molecule has 0 fully saturated rings. The zero-order valence-electron chi connectivity index (χ0n) is 6.27. The van der Waals surface area contributed by atoms with Crippen LogP contribution in [0.15, 0.2) is 24.3 Å². The van der Waals surface area contributed by atoms with Gasteiger partial charge in [-0.25, -0.2) is 0 Å². The number of hydrogen-bond acceptors (Lipinski definition) is 0. The van der Waals surface area contributed by atoms with Crippen LogP contribution in [0.5, 0.6) is 0 Å². The summed E-state index contributed by atoms with van der Waals surface area (Å²) in [6.07, 6.45) is 0. The Kier molecular flexibility index (Phi) is 2.11. The summed E-state index contributed by atoms with van der Waals surface area (Å²) >= 11 is 9.24. The van der Waals surface area contributed by atoms with Crippen molar-refractivity contribution < 1.29 is 0 Å². The Hall–Kier alpha value is -0.470. The lowest BCUT2D eigenvalue weighted by Crippen LogP contribution is -1.71. The van der Waals surface area contributed by atoms with Crippen LogP contribution < -0.4 is 0 Å². The van der Waals surface area contributed by atoms with Crippen molar-refractivity contribution in [2.45, 2.75) is 5.33 Å². The van der Waals surface area contributed by atoms with Gasteiger partial charge < -0.3 is 4.98 Å². The lowest BCUT2D eigenvalue weighted by molar-refractivity contribution is 1.28. The molecule has 2 aromatic rings.